The van der Waals surface area contributed by atoms with E-state index in [0.717, 1.165) is 0 Å². The SMILES string of the molecule is C[C@H](CS)C(=O)N1C(c2ccco2)SC[C@H]1C(=O)O. The normalized spacial score (nSPS) is 24.4. The van der Waals surface area contributed by atoms with E-state index in [4.69, 9.17) is 4.42 Å². The summed E-state index contributed by atoms with van der Waals surface area (Å²) in [6.07, 6.45) is 1.52. The highest BCUT2D eigenvalue weighted by Gasteiger charge is 2.44. The van der Waals surface area contributed by atoms with E-state index >= 15 is 0 Å². The van der Waals surface area contributed by atoms with Gasteiger partial charge in [-0.15, -0.1) is 11.8 Å². The standard InChI is InChI=1S/C12H15NO4S2/c1-7(5-18)10(14)13-8(12(15)16)6-19-11(13)9-3-2-4-17-9/h2-4,7-8,11,18H,5-6H2,1H3,(H,15,16)/t7-,8+,11?/m1/s1. The van der Waals surface area contributed by atoms with Gasteiger partial charge in [0.25, 0.3) is 0 Å². The Balaban J connectivity index is 2.29. The molecule has 0 saturated carbocycles. The summed E-state index contributed by atoms with van der Waals surface area (Å²) in [6.45, 7) is 1.75. The van der Waals surface area contributed by atoms with Gasteiger partial charge in [0.2, 0.25) is 5.91 Å². The Hall–Kier alpha value is -1.08. The summed E-state index contributed by atoms with van der Waals surface area (Å²) < 4.78 is 5.31. The number of carboxylic acids is 1. The van der Waals surface area contributed by atoms with E-state index in [1.165, 1.54) is 22.9 Å². The van der Waals surface area contributed by atoms with Crippen molar-refractivity contribution in [2.45, 2.75) is 18.3 Å². The van der Waals surface area contributed by atoms with Crippen molar-refractivity contribution < 1.29 is 19.1 Å². The molecule has 1 N–H and O–H groups in total. The number of furan rings is 1. The number of thiol groups is 1. The van der Waals surface area contributed by atoms with E-state index in [2.05, 4.69) is 12.6 Å². The summed E-state index contributed by atoms with van der Waals surface area (Å²) >= 11 is 5.51. The molecule has 19 heavy (non-hydrogen) atoms. The number of aliphatic carboxylic acids is 1. The van der Waals surface area contributed by atoms with Crippen molar-refractivity contribution in [3.63, 3.8) is 0 Å². The van der Waals surface area contributed by atoms with Gasteiger partial charge >= 0.3 is 5.97 Å². The molecule has 0 spiro atoms. The Kier molecular flexibility index (Phi) is 4.46. The summed E-state index contributed by atoms with van der Waals surface area (Å²) in [7, 11) is 0. The molecule has 104 valence electrons. The van der Waals surface area contributed by atoms with Crippen LogP contribution in [-0.2, 0) is 9.59 Å². The monoisotopic (exact) mass is 301 g/mol. The third kappa shape index (κ3) is 2.76. The first-order chi connectivity index (χ1) is 9.06. The largest absolute Gasteiger partial charge is 0.480 e. The smallest absolute Gasteiger partial charge is 0.327 e. The summed E-state index contributed by atoms with van der Waals surface area (Å²) in [5, 5.41) is 8.88. The van der Waals surface area contributed by atoms with E-state index in [0.29, 0.717) is 17.3 Å². The average Bonchev–Trinajstić information content (AvgIpc) is 3.04. The molecular weight excluding hydrogens is 286 g/mol. The predicted molar refractivity (Wildman–Crippen MR) is 75.2 cm³/mol. The predicted octanol–water partition coefficient (Wildman–Crippen LogP) is 1.87. The highest BCUT2D eigenvalue weighted by atomic mass is 32.2. The number of rotatable bonds is 4. The number of hydrogen-bond donors (Lipinski definition) is 2. The van der Waals surface area contributed by atoms with Crippen molar-refractivity contribution in [2.75, 3.05) is 11.5 Å². The van der Waals surface area contributed by atoms with Crippen LogP contribution in [0, 0.1) is 5.92 Å². The van der Waals surface area contributed by atoms with E-state index < -0.39 is 12.0 Å². The fourth-order valence-corrected chi connectivity index (χ4v) is 3.48. The lowest BCUT2D eigenvalue weighted by atomic mass is 10.1. The van der Waals surface area contributed by atoms with Gasteiger partial charge in [0.15, 0.2) is 0 Å². The number of thioether (sulfide) groups is 1. The van der Waals surface area contributed by atoms with E-state index in [9.17, 15) is 14.7 Å². The first-order valence-corrected chi connectivity index (χ1v) is 7.55. The fraction of sp³-hybridized carbons (Fsp3) is 0.500. The maximum absolute atomic E-state index is 12.4. The zero-order valence-corrected chi connectivity index (χ0v) is 12.1. The van der Waals surface area contributed by atoms with Gasteiger partial charge in [0.1, 0.15) is 17.2 Å². The van der Waals surface area contributed by atoms with Crippen LogP contribution in [0.5, 0.6) is 0 Å². The lowest BCUT2D eigenvalue weighted by molar-refractivity contribution is -0.150. The molecule has 1 fully saturated rings. The van der Waals surface area contributed by atoms with Crippen LogP contribution < -0.4 is 0 Å². The second-order valence-corrected chi connectivity index (χ2v) is 5.86. The molecule has 1 unspecified atom stereocenters. The van der Waals surface area contributed by atoms with Crippen LogP contribution in [0.15, 0.2) is 22.8 Å². The molecule has 0 aliphatic carbocycles. The molecule has 5 nitrogen and oxygen atoms in total. The molecule has 0 aromatic carbocycles. The van der Waals surface area contributed by atoms with Crippen molar-refractivity contribution in [1.29, 1.82) is 0 Å². The number of carbonyl (C=O) groups is 2. The van der Waals surface area contributed by atoms with Gasteiger partial charge < -0.3 is 14.4 Å². The summed E-state index contributed by atoms with van der Waals surface area (Å²) in [4.78, 5) is 25.1. The third-order valence-corrected chi connectivity index (χ3v) is 4.85. The zero-order valence-electron chi connectivity index (χ0n) is 10.4. The number of hydrogen-bond acceptors (Lipinski definition) is 5. The van der Waals surface area contributed by atoms with E-state index in [-0.39, 0.29) is 17.2 Å². The Morgan fingerprint density at radius 1 is 1.68 bits per heavy atom. The van der Waals surface area contributed by atoms with E-state index in [1.54, 1.807) is 19.1 Å². The zero-order chi connectivity index (χ0) is 14.0. The molecule has 7 heteroatoms. The fourth-order valence-electron chi connectivity index (χ4n) is 1.95. The molecule has 0 radical (unpaired) electrons. The van der Waals surface area contributed by atoms with Crippen LogP contribution in [0.3, 0.4) is 0 Å². The number of carboxylic acid groups (broad SMARTS) is 1. The number of amides is 1. The Bertz CT molecular complexity index is 462. The minimum atomic E-state index is -0.985. The summed E-state index contributed by atoms with van der Waals surface area (Å²) in [5.74, 6) is -0.145. The minimum Gasteiger partial charge on any atom is -0.480 e. The quantitative estimate of drug-likeness (QED) is 0.831. The minimum absolute atomic E-state index is 0.200. The molecule has 2 heterocycles. The lowest BCUT2D eigenvalue weighted by Crippen LogP contribution is -2.45. The maximum Gasteiger partial charge on any atom is 0.327 e. The number of carbonyl (C=O) groups excluding carboxylic acids is 1. The van der Waals surface area contributed by atoms with Gasteiger partial charge in [-0.05, 0) is 12.1 Å². The van der Waals surface area contributed by atoms with Gasteiger partial charge in [0.05, 0.1) is 6.26 Å². The van der Waals surface area contributed by atoms with Crippen LogP contribution >= 0.6 is 24.4 Å². The molecule has 3 atom stereocenters. The molecule has 1 aliphatic heterocycles. The molecule has 0 bridgehead atoms. The van der Waals surface area contributed by atoms with Gasteiger partial charge in [-0.1, -0.05) is 6.92 Å². The van der Waals surface area contributed by atoms with E-state index in [1.807, 2.05) is 0 Å². The third-order valence-electron chi connectivity index (χ3n) is 3.02. The topological polar surface area (TPSA) is 70.8 Å². The van der Waals surface area contributed by atoms with Crippen molar-refractivity contribution in [2.24, 2.45) is 5.92 Å². The van der Waals surface area contributed by atoms with Crippen LogP contribution in [0.25, 0.3) is 0 Å². The second-order valence-electron chi connectivity index (χ2n) is 4.38. The molecule has 1 saturated heterocycles. The van der Waals surface area contributed by atoms with Crippen LogP contribution in [0.2, 0.25) is 0 Å². The van der Waals surface area contributed by atoms with Gasteiger partial charge in [-0.25, -0.2) is 4.79 Å². The average molecular weight is 301 g/mol. The molecule has 1 aliphatic rings. The highest BCUT2D eigenvalue weighted by molar-refractivity contribution is 7.99. The van der Waals surface area contributed by atoms with Crippen LogP contribution in [0.1, 0.15) is 18.1 Å². The van der Waals surface area contributed by atoms with Gasteiger partial charge in [-0.2, -0.15) is 12.6 Å². The second kappa shape index (κ2) is 5.92. The van der Waals surface area contributed by atoms with Gasteiger partial charge in [-0.3, -0.25) is 4.79 Å². The number of nitrogens with zero attached hydrogens (tertiary/aromatic N) is 1. The van der Waals surface area contributed by atoms with Crippen molar-refractivity contribution >= 4 is 36.3 Å². The Morgan fingerprint density at radius 3 is 2.95 bits per heavy atom. The highest BCUT2D eigenvalue weighted by Crippen LogP contribution is 2.42. The molecule has 2 rings (SSSR count). The van der Waals surface area contributed by atoms with Gasteiger partial charge in [0, 0.05) is 17.4 Å². The van der Waals surface area contributed by atoms with Crippen LogP contribution in [-0.4, -0.2) is 39.4 Å². The Labute approximate surface area is 120 Å². The van der Waals surface area contributed by atoms with Crippen molar-refractivity contribution in [3.05, 3.63) is 24.2 Å². The summed E-state index contributed by atoms with van der Waals surface area (Å²) in [5.41, 5.74) is 0. The Morgan fingerprint density at radius 2 is 2.42 bits per heavy atom. The first-order valence-electron chi connectivity index (χ1n) is 5.87. The molecular formula is C12H15NO4S2. The van der Waals surface area contributed by atoms with Crippen molar-refractivity contribution in [3.8, 4) is 0 Å². The first kappa shape index (κ1) is 14.3. The summed E-state index contributed by atoms with van der Waals surface area (Å²) in [6, 6.07) is 2.68. The van der Waals surface area contributed by atoms with Crippen molar-refractivity contribution in [1.82, 2.24) is 4.90 Å². The van der Waals surface area contributed by atoms with Crippen LogP contribution in [0.4, 0.5) is 0 Å². The molecule has 1 aromatic rings. The molecule has 1 aromatic heterocycles. The lowest BCUT2D eigenvalue weighted by Gasteiger charge is -2.28. The maximum atomic E-state index is 12.4. The molecule has 1 amide bonds.